The minimum absolute atomic E-state index is 0.00412. The van der Waals surface area contributed by atoms with Crippen molar-refractivity contribution in [2.75, 3.05) is 32.2 Å². The van der Waals surface area contributed by atoms with E-state index in [0.717, 1.165) is 34.0 Å². The van der Waals surface area contributed by atoms with E-state index < -0.39 is 67.9 Å². The van der Waals surface area contributed by atoms with Gasteiger partial charge >= 0.3 is 7.60 Å². The standard InChI is InChI=1S/C52H54N13O11PS6/c1-24(2)38-52-65-41(33(83-52)19-76-5)45(71)54-18-37(68)62-42(43(69)26-11-7-6-8-12-26)51-59-32(22-80-51)49-57-30(20-79-49)40-27(14-15-28(55-40)48-61-34(23-81-48)60-35(66)13-9-10-16-77(73,74)75)47-58-31(21-78-47)44(70)56-29(17-36(67)53-4)50-64-39(25(3)82-50)46(72)63-38/h6-8,11-12,14-15,20-24,29,38,42-43,69H,9-10,13,16-19H2,1-5H3,(H,53,67)(H,54,71)(H,56,70)(H,60,66)(H,62,68)(H,63,72)(H2,73,74,75)/t29-,38?,42-,43-/m0/s1. The van der Waals surface area contributed by atoms with Gasteiger partial charge in [-0.2, -0.15) is 0 Å². The number of aromatic nitrogens is 7. The summed E-state index contributed by atoms with van der Waals surface area (Å²) in [5.41, 5.74) is 2.57. The summed E-state index contributed by atoms with van der Waals surface area (Å²) in [4.78, 5) is 135. The third-order valence-corrected chi connectivity index (χ3v) is 19.2. The summed E-state index contributed by atoms with van der Waals surface area (Å²) in [6.45, 7) is 4.92. The first-order chi connectivity index (χ1) is 39.7. The molecule has 434 valence electrons. The number of carbonyl (C=O) groups excluding carboxylic acids is 6. The summed E-state index contributed by atoms with van der Waals surface area (Å²) in [5, 5.41) is 37.6. The molecule has 9 N–H and O–H groups in total. The molecule has 31 heteroatoms. The molecule has 24 nitrogen and oxygen atoms in total. The average Bonchev–Trinajstić information content (AvgIpc) is 4.41. The third-order valence-electron chi connectivity index (χ3n) is 12.6. The highest BCUT2D eigenvalue weighted by Gasteiger charge is 2.33. The maximum Gasteiger partial charge on any atom is 0.325 e. The molecular weight excluding hydrogens is 1210 g/mol. The lowest BCUT2D eigenvalue weighted by atomic mass is 10.0. The summed E-state index contributed by atoms with van der Waals surface area (Å²) >= 11 is 7.09. The maximum atomic E-state index is 14.3. The zero-order chi connectivity index (χ0) is 59.1. The van der Waals surface area contributed by atoms with Gasteiger partial charge in [-0.15, -0.1) is 68.0 Å². The van der Waals surface area contributed by atoms with Crippen molar-refractivity contribution in [2.24, 2.45) is 5.92 Å². The first kappa shape index (κ1) is 60.6. The van der Waals surface area contributed by atoms with Gasteiger partial charge in [0.05, 0.1) is 42.2 Å². The predicted octanol–water partition coefficient (Wildman–Crippen LogP) is 7.60. The first-order valence-electron chi connectivity index (χ1n) is 25.5. The van der Waals surface area contributed by atoms with Crippen molar-refractivity contribution in [1.29, 1.82) is 0 Å². The van der Waals surface area contributed by atoms with Gasteiger partial charge in [0.2, 0.25) is 17.7 Å². The van der Waals surface area contributed by atoms with Gasteiger partial charge in [0.15, 0.2) is 0 Å². The van der Waals surface area contributed by atoms with Gasteiger partial charge in [-0.25, -0.2) is 34.9 Å². The molecule has 0 saturated carbocycles. The molecule has 0 aliphatic carbocycles. The number of nitrogens with zero attached hydrogens (tertiary/aromatic N) is 7. The lowest BCUT2D eigenvalue weighted by Gasteiger charge is -2.23. The van der Waals surface area contributed by atoms with E-state index in [2.05, 4.69) is 46.9 Å². The third kappa shape index (κ3) is 14.9. The minimum atomic E-state index is -4.19. The van der Waals surface area contributed by atoms with Gasteiger partial charge < -0.3 is 51.5 Å². The van der Waals surface area contributed by atoms with Crippen LogP contribution >= 0.6 is 75.6 Å². The Kier molecular flexibility index (Phi) is 19.5. The van der Waals surface area contributed by atoms with Crippen molar-refractivity contribution in [3.8, 4) is 43.4 Å². The summed E-state index contributed by atoms with van der Waals surface area (Å²) in [6, 6.07) is 9.37. The molecule has 0 spiro atoms. The number of amides is 6. The lowest BCUT2D eigenvalue weighted by Crippen LogP contribution is -2.40. The number of aliphatic hydroxyl groups excluding tert-OH is 1. The quantitative estimate of drug-likeness (QED) is 0.0374. The van der Waals surface area contributed by atoms with Gasteiger partial charge in [-0.3, -0.25) is 33.3 Å². The molecule has 8 aromatic rings. The highest BCUT2D eigenvalue weighted by Crippen LogP contribution is 2.40. The van der Waals surface area contributed by atoms with E-state index in [1.54, 1.807) is 70.9 Å². The number of carbonyl (C=O) groups is 6. The number of anilines is 1. The van der Waals surface area contributed by atoms with Crippen LogP contribution in [0.15, 0.2) is 64.0 Å². The van der Waals surface area contributed by atoms with Crippen LogP contribution in [0.4, 0.5) is 5.82 Å². The zero-order valence-electron chi connectivity index (χ0n) is 44.8. The predicted molar refractivity (Wildman–Crippen MR) is 316 cm³/mol. The van der Waals surface area contributed by atoms with E-state index in [-0.39, 0.29) is 78.2 Å². The van der Waals surface area contributed by atoms with E-state index in [9.17, 15) is 48.2 Å². The van der Waals surface area contributed by atoms with Crippen LogP contribution in [-0.2, 0) is 30.3 Å². The molecule has 1 aliphatic heterocycles. The Bertz CT molecular complexity index is 3740. The van der Waals surface area contributed by atoms with Crippen molar-refractivity contribution < 1.29 is 53.0 Å². The Morgan fingerprint density at radius 3 is 2.17 bits per heavy atom. The van der Waals surface area contributed by atoms with E-state index in [1.165, 1.54) is 48.2 Å². The fourth-order valence-electron chi connectivity index (χ4n) is 8.45. The van der Waals surface area contributed by atoms with Crippen LogP contribution < -0.4 is 31.9 Å². The number of hydrogen-bond donors (Lipinski definition) is 9. The molecule has 4 atom stereocenters. The van der Waals surface area contributed by atoms with Crippen LogP contribution in [-0.4, -0.2) is 112 Å². The molecule has 6 amide bonds. The Hall–Kier alpha value is -6.96. The van der Waals surface area contributed by atoms with E-state index in [4.69, 9.17) is 24.7 Å². The number of hydrogen-bond acceptors (Lipinski definition) is 22. The SMILES string of the molecule is CNC(=O)C[C@@H]1NC(=O)c2csc(n2)-c2ccc(-c3nc(NC(=O)CCCCP(=O)(O)O)cs3)nc2-c2csc(n2)-c2csc(n2)[C@H]([C@@H](O)c2ccccc2)NC(=O)CNC(=O)c2nc(sc2COC)C(C(C)C)NC(=O)c2nc1sc2C. The summed E-state index contributed by atoms with van der Waals surface area (Å²) in [6.07, 6.45) is -1.38. The molecule has 9 rings (SSSR count). The molecule has 0 fully saturated rings. The zero-order valence-corrected chi connectivity index (χ0v) is 50.6. The summed E-state index contributed by atoms with van der Waals surface area (Å²) < 4.78 is 16.7. The fraction of sp³-hybridized carbons (Fsp3) is 0.327. The Morgan fingerprint density at radius 2 is 1.42 bits per heavy atom. The number of pyridine rings is 1. The summed E-state index contributed by atoms with van der Waals surface area (Å²) in [5.74, 6) is -3.32. The van der Waals surface area contributed by atoms with Crippen molar-refractivity contribution in [3.05, 3.63) is 111 Å². The Labute approximate surface area is 498 Å². The number of unbranched alkanes of at least 4 members (excludes halogenated alkanes) is 1. The highest BCUT2D eigenvalue weighted by molar-refractivity contribution is 7.51. The van der Waals surface area contributed by atoms with Gasteiger partial charge in [0.25, 0.3) is 17.7 Å². The molecule has 8 heterocycles. The normalized spacial score (nSPS) is 16.6. The number of nitrogens with one attached hydrogen (secondary N) is 6. The van der Waals surface area contributed by atoms with Crippen LogP contribution in [0.3, 0.4) is 0 Å². The molecule has 83 heavy (non-hydrogen) atoms. The maximum absolute atomic E-state index is 14.3. The average molecular weight is 1260 g/mol. The van der Waals surface area contributed by atoms with Crippen LogP contribution in [0.5, 0.6) is 0 Å². The largest absolute Gasteiger partial charge is 0.386 e. The molecule has 7 aromatic heterocycles. The van der Waals surface area contributed by atoms with Gasteiger partial charge in [-0.05, 0) is 43.4 Å². The number of aliphatic hydroxyl groups is 1. The molecule has 0 saturated heterocycles. The molecular formula is C52H54N13O11PS6. The minimum Gasteiger partial charge on any atom is -0.386 e. The number of rotatable bonds is 14. The van der Waals surface area contributed by atoms with Crippen LogP contribution in [0, 0.1) is 12.8 Å². The van der Waals surface area contributed by atoms with E-state index in [0.29, 0.717) is 68.7 Å². The Morgan fingerprint density at radius 1 is 0.711 bits per heavy atom. The molecule has 1 unspecified atom stereocenters. The molecule has 10 bridgehead atoms. The van der Waals surface area contributed by atoms with Crippen molar-refractivity contribution >= 4 is 117 Å². The second-order valence-corrected chi connectivity index (χ2v) is 26.7. The second kappa shape index (κ2) is 26.7. The smallest absolute Gasteiger partial charge is 0.325 e. The van der Waals surface area contributed by atoms with Gasteiger partial charge in [0, 0.05) is 58.7 Å². The number of aryl methyl sites for hydroxylation is 1. The van der Waals surface area contributed by atoms with Crippen molar-refractivity contribution in [3.63, 3.8) is 0 Å². The van der Waals surface area contributed by atoms with Crippen LogP contribution in [0.2, 0.25) is 0 Å². The first-order valence-corrected chi connectivity index (χ1v) is 32.5. The monoisotopic (exact) mass is 1260 g/mol. The van der Waals surface area contributed by atoms with E-state index >= 15 is 0 Å². The summed E-state index contributed by atoms with van der Waals surface area (Å²) in [7, 11) is -1.26. The molecule has 1 aliphatic rings. The van der Waals surface area contributed by atoms with Gasteiger partial charge in [0.1, 0.15) is 82.2 Å². The number of ether oxygens (including phenoxy) is 1. The number of methoxy groups -OCH3 is 1. The highest BCUT2D eigenvalue weighted by atomic mass is 32.1. The fourth-order valence-corrected chi connectivity index (χ4v) is 14.6. The topological polar surface area (TPSA) is 352 Å². The van der Waals surface area contributed by atoms with Crippen LogP contribution in [0.1, 0.15) is 126 Å². The van der Waals surface area contributed by atoms with E-state index in [1.807, 2.05) is 13.8 Å². The number of thiazole rings is 6. The molecule has 1 aromatic carbocycles. The van der Waals surface area contributed by atoms with Gasteiger partial charge in [-0.1, -0.05) is 44.2 Å². The lowest BCUT2D eigenvalue weighted by molar-refractivity contribution is -0.122. The Balaban J connectivity index is 1.10. The number of benzene rings is 1. The van der Waals surface area contributed by atoms with Crippen molar-refractivity contribution in [2.45, 2.75) is 77.3 Å². The molecule has 0 radical (unpaired) electrons. The van der Waals surface area contributed by atoms with Crippen molar-refractivity contribution in [1.82, 2.24) is 61.5 Å². The van der Waals surface area contributed by atoms with Crippen LogP contribution in [0.25, 0.3) is 43.4 Å². The number of fused-ring (bicyclic) bond motifs is 14. The second-order valence-electron chi connectivity index (χ2n) is 19.1.